The van der Waals surface area contributed by atoms with Gasteiger partial charge in [0, 0.05) is 10.6 Å². The number of benzene rings is 2. The van der Waals surface area contributed by atoms with Crippen molar-refractivity contribution >= 4 is 17.3 Å². The highest BCUT2D eigenvalue weighted by atomic mass is 35.5. The smallest absolute Gasteiger partial charge is 0.142 e. The fraction of sp³-hybridized carbons (Fsp3) is 0.167. The Morgan fingerprint density at radius 2 is 2.04 bits per heavy atom. The molecule has 25 heavy (non-hydrogen) atoms. The second kappa shape index (κ2) is 6.94. The second-order valence-electron chi connectivity index (χ2n) is 5.57. The Morgan fingerprint density at radius 1 is 1.20 bits per heavy atom. The van der Waals surface area contributed by atoms with Crippen LogP contribution >= 0.6 is 11.6 Å². The molecular formula is C18H15ClN4O2. The molecule has 0 N–H and O–H groups in total. The predicted octanol–water partition coefficient (Wildman–Crippen LogP) is 3.49. The fourth-order valence-corrected chi connectivity index (χ4v) is 2.80. The monoisotopic (exact) mass is 354 g/mol. The molecular weight excluding hydrogens is 340 g/mol. The molecule has 0 bridgehead atoms. The lowest BCUT2D eigenvalue weighted by atomic mass is 10.0. The average Bonchev–Trinajstić information content (AvgIpc) is 3.18. The van der Waals surface area contributed by atoms with E-state index in [0.29, 0.717) is 18.2 Å². The molecule has 0 radical (unpaired) electrons. The van der Waals surface area contributed by atoms with Crippen molar-refractivity contribution in [3.8, 4) is 5.75 Å². The quantitative estimate of drug-likeness (QED) is 0.673. The number of fused-ring (bicyclic) bond motifs is 1. The van der Waals surface area contributed by atoms with Crippen molar-refractivity contribution in [2.24, 2.45) is 5.16 Å². The SMILES string of the molecule is Clc1ccc(CO/N=C2/c3ccccc3OCC2n2cncn2)cc1. The predicted molar refractivity (Wildman–Crippen MR) is 93.8 cm³/mol. The Hall–Kier alpha value is -2.86. The maximum Gasteiger partial charge on any atom is 0.142 e. The van der Waals surface area contributed by atoms with Gasteiger partial charge >= 0.3 is 0 Å². The van der Waals surface area contributed by atoms with Crippen LogP contribution in [-0.2, 0) is 11.4 Å². The Kier molecular flexibility index (Phi) is 4.35. The van der Waals surface area contributed by atoms with Crippen LogP contribution < -0.4 is 4.74 Å². The van der Waals surface area contributed by atoms with E-state index in [1.807, 2.05) is 48.5 Å². The highest BCUT2D eigenvalue weighted by Gasteiger charge is 2.29. The summed E-state index contributed by atoms with van der Waals surface area (Å²) in [6.45, 7) is 0.775. The molecule has 1 aliphatic rings. The lowest BCUT2D eigenvalue weighted by Gasteiger charge is -2.26. The van der Waals surface area contributed by atoms with Crippen molar-refractivity contribution < 1.29 is 9.57 Å². The summed E-state index contributed by atoms with van der Waals surface area (Å²) in [5.41, 5.74) is 2.65. The highest BCUT2D eigenvalue weighted by molar-refractivity contribution is 6.30. The van der Waals surface area contributed by atoms with E-state index in [1.165, 1.54) is 6.33 Å². The number of hydrogen-bond acceptors (Lipinski definition) is 5. The summed E-state index contributed by atoms with van der Waals surface area (Å²) >= 11 is 5.90. The van der Waals surface area contributed by atoms with Crippen molar-refractivity contribution in [3.63, 3.8) is 0 Å². The van der Waals surface area contributed by atoms with Crippen LogP contribution in [0.4, 0.5) is 0 Å². The van der Waals surface area contributed by atoms with Crippen molar-refractivity contribution in [2.45, 2.75) is 12.6 Å². The Balaban J connectivity index is 1.61. The Morgan fingerprint density at radius 3 is 2.84 bits per heavy atom. The van der Waals surface area contributed by atoms with Gasteiger partial charge in [0.1, 0.15) is 43.4 Å². The molecule has 4 rings (SSSR count). The number of aromatic nitrogens is 3. The first-order valence-corrected chi connectivity index (χ1v) is 8.19. The van der Waals surface area contributed by atoms with E-state index in [9.17, 15) is 0 Å². The van der Waals surface area contributed by atoms with Crippen molar-refractivity contribution in [2.75, 3.05) is 6.61 Å². The van der Waals surface area contributed by atoms with Gasteiger partial charge in [-0.15, -0.1) is 0 Å². The number of oxime groups is 1. The topological polar surface area (TPSA) is 61.5 Å². The van der Waals surface area contributed by atoms with Gasteiger partial charge in [-0.05, 0) is 29.8 Å². The van der Waals surface area contributed by atoms with Crippen LogP contribution in [0.25, 0.3) is 0 Å². The zero-order valence-electron chi connectivity index (χ0n) is 13.2. The number of nitrogens with zero attached hydrogens (tertiary/aromatic N) is 4. The van der Waals surface area contributed by atoms with Crippen LogP contribution in [0.3, 0.4) is 0 Å². The summed E-state index contributed by atoms with van der Waals surface area (Å²) in [5, 5.41) is 9.30. The van der Waals surface area contributed by atoms with E-state index >= 15 is 0 Å². The molecule has 0 saturated heterocycles. The van der Waals surface area contributed by atoms with Gasteiger partial charge in [0.15, 0.2) is 0 Å². The van der Waals surface area contributed by atoms with Gasteiger partial charge in [-0.3, -0.25) is 0 Å². The van der Waals surface area contributed by atoms with E-state index in [4.69, 9.17) is 21.2 Å². The molecule has 0 saturated carbocycles. The number of halogens is 1. The lowest BCUT2D eigenvalue weighted by molar-refractivity contribution is 0.127. The number of rotatable bonds is 4. The second-order valence-corrected chi connectivity index (χ2v) is 6.01. The first kappa shape index (κ1) is 15.7. The van der Waals surface area contributed by atoms with E-state index < -0.39 is 0 Å². The fourth-order valence-electron chi connectivity index (χ4n) is 2.68. The highest BCUT2D eigenvalue weighted by Crippen LogP contribution is 2.29. The van der Waals surface area contributed by atoms with E-state index in [0.717, 1.165) is 22.6 Å². The molecule has 1 aromatic heterocycles. The number of hydrogen-bond donors (Lipinski definition) is 0. The van der Waals surface area contributed by atoms with Crippen LogP contribution in [-0.4, -0.2) is 27.1 Å². The van der Waals surface area contributed by atoms with Gasteiger partial charge in [-0.2, -0.15) is 5.10 Å². The zero-order valence-corrected chi connectivity index (χ0v) is 14.0. The molecule has 2 aromatic carbocycles. The van der Waals surface area contributed by atoms with E-state index in [-0.39, 0.29) is 6.04 Å². The molecule has 3 aromatic rings. The average molecular weight is 355 g/mol. The standard InChI is InChI=1S/C18H15ClN4O2/c19-14-7-5-13(6-8-14)9-25-22-18-15-3-1-2-4-17(15)24-10-16(18)23-12-20-11-21-23/h1-8,11-12,16H,9-10H2/b22-18-. The minimum atomic E-state index is -0.192. The first-order chi connectivity index (χ1) is 12.3. The molecule has 1 aliphatic heterocycles. The third kappa shape index (κ3) is 3.34. The minimum absolute atomic E-state index is 0.192. The van der Waals surface area contributed by atoms with Crippen LogP contribution in [0.2, 0.25) is 5.02 Å². The van der Waals surface area contributed by atoms with Gasteiger partial charge in [0.05, 0.1) is 0 Å². The maximum absolute atomic E-state index is 5.90. The minimum Gasteiger partial charge on any atom is -0.490 e. The molecule has 0 fully saturated rings. The van der Waals surface area contributed by atoms with Crippen LogP contribution in [0.15, 0.2) is 66.3 Å². The number of ether oxygens (including phenoxy) is 1. The van der Waals surface area contributed by atoms with Crippen LogP contribution in [0.1, 0.15) is 17.2 Å². The van der Waals surface area contributed by atoms with Crippen LogP contribution in [0, 0.1) is 0 Å². The molecule has 7 heteroatoms. The van der Waals surface area contributed by atoms with Gasteiger partial charge in [-0.1, -0.05) is 41.0 Å². The Labute approximate surface area is 149 Å². The summed E-state index contributed by atoms with van der Waals surface area (Å²) in [6.07, 6.45) is 3.14. The zero-order chi connectivity index (χ0) is 17.1. The first-order valence-electron chi connectivity index (χ1n) is 7.82. The Bertz CT molecular complexity index is 878. The molecule has 126 valence electrons. The summed E-state index contributed by atoms with van der Waals surface area (Å²) in [6, 6.07) is 15.0. The van der Waals surface area contributed by atoms with E-state index in [1.54, 1.807) is 11.0 Å². The molecule has 1 unspecified atom stereocenters. The normalized spacial score (nSPS) is 17.8. The summed E-state index contributed by atoms with van der Waals surface area (Å²) in [5.74, 6) is 0.785. The summed E-state index contributed by atoms with van der Waals surface area (Å²) in [4.78, 5) is 9.62. The van der Waals surface area contributed by atoms with Gasteiger partial charge < -0.3 is 9.57 Å². The van der Waals surface area contributed by atoms with Gasteiger partial charge in [0.25, 0.3) is 0 Å². The van der Waals surface area contributed by atoms with Crippen molar-refractivity contribution in [1.29, 1.82) is 0 Å². The summed E-state index contributed by atoms with van der Waals surface area (Å²) in [7, 11) is 0. The largest absolute Gasteiger partial charge is 0.490 e. The van der Waals surface area contributed by atoms with E-state index in [2.05, 4.69) is 15.2 Å². The third-order valence-corrected chi connectivity index (χ3v) is 4.19. The molecule has 6 nitrogen and oxygen atoms in total. The third-order valence-electron chi connectivity index (χ3n) is 3.94. The van der Waals surface area contributed by atoms with Gasteiger partial charge in [-0.25, -0.2) is 9.67 Å². The molecule has 0 amide bonds. The molecule has 1 atom stereocenters. The summed E-state index contributed by atoms with van der Waals surface area (Å²) < 4.78 is 7.55. The lowest BCUT2D eigenvalue weighted by Crippen LogP contribution is -2.31. The van der Waals surface area contributed by atoms with Gasteiger partial charge in [0.2, 0.25) is 0 Å². The number of para-hydroxylation sites is 1. The molecule has 0 aliphatic carbocycles. The van der Waals surface area contributed by atoms with Crippen LogP contribution in [0.5, 0.6) is 5.75 Å². The molecule has 2 heterocycles. The molecule has 0 spiro atoms. The van der Waals surface area contributed by atoms with Crippen molar-refractivity contribution in [1.82, 2.24) is 14.8 Å². The maximum atomic E-state index is 5.90. The van der Waals surface area contributed by atoms with Crippen molar-refractivity contribution in [3.05, 3.63) is 77.3 Å².